The molecule has 3 fully saturated rings. The second-order valence-electron chi connectivity index (χ2n) is 8.48. The van der Waals surface area contributed by atoms with Gasteiger partial charge >= 0.3 is 0 Å². The van der Waals surface area contributed by atoms with E-state index in [4.69, 9.17) is 15.2 Å². The lowest BCUT2D eigenvalue weighted by Crippen LogP contribution is -2.48. The second kappa shape index (κ2) is 9.95. The molecule has 1 amide bonds. The Morgan fingerprint density at radius 1 is 1.11 bits per heavy atom. The maximum atomic E-state index is 12.9. The number of carbonyl (C=O) groups is 1. The maximum Gasteiger partial charge on any atom is 0.227 e. The monoisotopic (exact) mass is 408 g/mol. The third-order valence-corrected chi connectivity index (χ3v) is 6.63. The molecule has 1 aromatic rings. The van der Waals surface area contributed by atoms with Crippen molar-refractivity contribution >= 4 is 24.0 Å². The van der Waals surface area contributed by atoms with Crippen LogP contribution in [0.3, 0.4) is 0 Å². The molecule has 28 heavy (non-hydrogen) atoms. The van der Waals surface area contributed by atoms with Gasteiger partial charge < -0.3 is 20.5 Å². The fraction of sp³-hybridized carbons (Fsp3) is 0.682. The zero-order valence-corrected chi connectivity index (χ0v) is 17.3. The molecule has 1 heterocycles. The van der Waals surface area contributed by atoms with Crippen molar-refractivity contribution in [2.75, 3.05) is 18.5 Å². The van der Waals surface area contributed by atoms with Crippen molar-refractivity contribution in [3.05, 3.63) is 24.3 Å². The van der Waals surface area contributed by atoms with Gasteiger partial charge in [0.25, 0.3) is 0 Å². The summed E-state index contributed by atoms with van der Waals surface area (Å²) in [6, 6.07) is 8.00. The summed E-state index contributed by atoms with van der Waals surface area (Å²) in [5.41, 5.74) is 7.13. The van der Waals surface area contributed by atoms with Crippen LogP contribution in [0.2, 0.25) is 0 Å². The lowest BCUT2D eigenvalue weighted by Gasteiger charge is -2.43. The summed E-state index contributed by atoms with van der Waals surface area (Å²) >= 11 is 0. The SMILES string of the molecule is Cl.NC1C2CCCC1CC(C(=O)Nc1ccccc1OCC1CCCCO1)C2. The zero-order chi connectivity index (χ0) is 18.6. The summed E-state index contributed by atoms with van der Waals surface area (Å²) in [4.78, 5) is 12.9. The lowest BCUT2D eigenvalue weighted by atomic mass is 9.65. The highest BCUT2D eigenvalue weighted by Crippen LogP contribution is 2.42. The molecule has 3 aliphatic rings. The number of nitrogens with two attached hydrogens (primary N) is 1. The van der Waals surface area contributed by atoms with Gasteiger partial charge in [-0.25, -0.2) is 0 Å². The molecule has 2 saturated carbocycles. The number of amides is 1. The third kappa shape index (κ3) is 5.00. The van der Waals surface area contributed by atoms with Crippen molar-refractivity contribution in [2.24, 2.45) is 23.5 Å². The topological polar surface area (TPSA) is 73.6 Å². The lowest BCUT2D eigenvalue weighted by molar-refractivity contribution is -0.122. The van der Waals surface area contributed by atoms with Gasteiger partial charge in [-0.15, -0.1) is 12.4 Å². The standard InChI is InChI=1S/C22H32N2O3.ClH/c23-21-15-6-5-7-16(21)13-17(12-15)22(25)24-19-9-1-2-10-20(19)27-14-18-8-3-4-11-26-18;/h1-2,9-10,15-18,21H,3-8,11-14,23H2,(H,24,25);1H. The highest BCUT2D eigenvalue weighted by atomic mass is 35.5. The summed E-state index contributed by atoms with van der Waals surface area (Å²) in [5, 5.41) is 3.13. The minimum absolute atomic E-state index is 0. The van der Waals surface area contributed by atoms with E-state index >= 15 is 0 Å². The Kier molecular flexibility index (Phi) is 7.61. The first-order chi connectivity index (χ1) is 13.2. The number of anilines is 1. The van der Waals surface area contributed by atoms with E-state index in [2.05, 4.69) is 5.32 Å². The van der Waals surface area contributed by atoms with Gasteiger partial charge in [-0.3, -0.25) is 4.79 Å². The minimum atomic E-state index is 0. The predicted octanol–water partition coefficient (Wildman–Crippen LogP) is 4.15. The number of hydrogen-bond donors (Lipinski definition) is 2. The molecule has 3 unspecified atom stereocenters. The van der Waals surface area contributed by atoms with Gasteiger partial charge in [-0.1, -0.05) is 18.6 Å². The van der Waals surface area contributed by atoms with Crippen LogP contribution in [0.5, 0.6) is 5.75 Å². The quantitative estimate of drug-likeness (QED) is 0.767. The minimum Gasteiger partial charge on any atom is -0.489 e. The molecule has 4 rings (SSSR count). The third-order valence-electron chi connectivity index (χ3n) is 6.63. The van der Waals surface area contributed by atoms with E-state index in [1.54, 1.807) is 0 Å². The summed E-state index contributed by atoms with van der Waals surface area (Å²) in [5.74, 6) is 1.91. The largest absolute Gasteiger partial charge is 0.489 e. The molecule has 0 aromatic heterocycles. The number of carbonyl (C=O) groups excluding carboxylic acids is 1. The molecule has 1 saturated heterocycles. The van der Waals surface area contributed by atoms with Crippen molar-refractivity contribution in [1.29, 1.82) is 0 Å². The van der Waals surface area contributed by atoms with E-state index < -0.39 is 0 Å². The van der Waals surface area contributed by atoms with Crippen molar-refractivity contribution in [1.82, 2.24) is 0 Å². The van der Waals surface area contributed by atoms with E-state index in [9.17, 15) is 4.79 Å². The summed E-state index contributed by atoms with van der Waals surface area (Å²) in [7, 11) is 0. The molecule has 0 radical (unpaired) electrons. The van der Waals surface area contributed by atoms with Gasteiger partial charge in [0.15, 0.2) is 0 Å². The predicted molar refractivity (Wildman–Crippen MR) is 113 cm³/mol. The Balaban J connectivity index is 0.00000225. The van der Waals surface area contributed by atoms with Crippen LogP contribution >= 0.6 is 12.4 Å². The Morgan fingerprint density at radius 3 is 2.57 bits per heavy atom. The van der Waals surface area contributed by atoms with Gasteiger partial charge in [0.2, 0.25) is 5.91 Å². The molecule has 2 aliphatic carbocycles. The van der Waals surface area contributed by atoms with Crippen molar-refractivity contribution in [3.63, 3.8) is 0 Å². The van der Waals surface area contributed by atoms with Crippen LogP contribution in [0.1, 0.15) is 51.4 Å². The molecule has 3 N–H and O–H groups in total. The highest BCUT2D eigenvalue weighted by molar-refractivity contribution is 5.94. The van der Waals surface area contributed by atoms with Gasteiger partial charge in [0, 0.05) is 18.6 Å². The molecule has 5 nitrogen and oxygen atoms in total. The zero-order valence-electron chi connectivity index (χ0n) is 16.5. The molecule has 0 spiro atoms. The van der Waals surface area contributed by atoms with Crippen LogP contribution in [0.15, 0.2) is 24.3 Å². The first-order valence-electron chi connectivity index (χ1n) is 10.6. The number of hydrogen-bond acceptors (Lipinski definition) is 4. The van der Waals surface area contributed by atoms with Crippen LogP contribution in [-0.4, -0.2) is 31.3 Å². The van der Waals surface area contributed by atoms with Crippen molar-refractivity contribution in [3.8, 4) is 5.75 Å². The molecule has 2 bridgehead atoms. The average Bonchev–Trinajstić information content (AvgIpc) is 2.68. The van der Waals surface area contributed by atoms with Crippen LogP contribution in [0, 0.1) is 17.8 Å². The van der Waals surface area contributed by atoms with Gasteiger partial charge in [-0.2, -0.15) is 0 Å². The molecule has 3 atom stereocenters. The van der Waals surface area contributed by atoms with E-state index in [0.717, 1.165) is 43.7 Å². The number of benzene rings is 1. The summed E-state index contributed by atoms with van der Waals surface area (Å²) < 4.78 is 11.7. The van der Waals surface area contributed by atoms with Crippen LogP contribution < -0.4 is 15.8 Å². The number of fused-ring (bicyclic) bond motifs is 2. The summed E-state index contributed by atoms with van der Waals surface area (Å²) in [6.45, 7) is 1.36. The molecule has 1 aliphatic heterocycles. The molecule has 1 aromatic carbocycles. The highest BCUT2D eigenvalue weighted by Gasteiger charge is 2.40. The Bertz CT molecular complexity index is 636. The number of nitrogens with one attached hydrogen (secondary N) is 1. The molecule has 156 valence electrons. The Hall–Kier alpha value is -1.30. The summed E-state index contributed by atoms with van der Waals surface area (Å²) in [6.07, 6.45) is 8.96. The molecule has 6 heteroatoms. The smallest absolute Gasteiger partial charge is 0.227 e. The number of halogens is 1. The molecular weight excluding hydrogens is 376 g/mol. The van der Waals surface area contributed by atoms with Crippen molar-refractivity contribution < 1.29 is 14.3 Å². The van der Waals surface area contributed by atoms with Crippen LogP contribution in [0.4, 0.5) is 5.69 Å². The normalized spacial score (nSPS) is 32.1. The van der Waals surface area contributed by atoms with E-state index in [1.807, 2.05) is 24.3 Å². The number of ether oxygens (including phenoxy) is 2. The Labute approximate surface area is 174 Å². The van der Waals surface area contributed by atoms with Crippen LogP contribution in [0.25, 0.3) is 0 Å². The molecular formula is C22H33ClN2O3. The van der Waals surface area contributed by atoms with Gasteiger partial charge in [-0.05, 0) is 68.9 Å². The van der Waals surface area contributed by atoms with Crippen molar-refractivity contribution in [2.45, 2.75) is 63.5 Å². The van der Waals surface area contributed by atoms with E-state index in [1.165, 1.54) is 25.7 Å². The Morgan fingerprint density at radius 2 is 1.86 bits per heavy atom. The van der Waals surface area contributed by atoms with E-state index in [0.29, 0.717) is 18.4 Å². The average molecular weight is 409 g/mol. The van der Waals surface area contributed by atoms with E-state index in [-0.39, 0.29) is 36.4 Å². The van der Waals surface area contributed by atoms with Gasteiger partial charge in [0.1, 0.15) is 12.4 Å². The maximum absolute atomic E-state index is 12.9. The fourth-order valence-electron chi connectivity index (χ4n) is 5.06. The number of rotatable bonds is 5. The van der Waals surface area contributed by atoms with Crippen LogP contribution in [-0.2, 0) is 9.53 Å². The second-order valence-corrected chi connectivity index (χ2v) is 8.48. The fourth-order valence-corrected chi connectivity index (χ4v) is 5.06. The van der Waals surface area contributed by atoms with Gasteiger partial charge in [0.05, 0.1) is 11.8 Å². The first kappa shape index (κ1) is 21.4. The first-order valence-corrected chi connectivity index (χ1v) is 10.6. The number of para-hydroxylation sites is 2.